The largest absolute Gasteiger partial charge is 0.481 e. The fourth-order valence-corrected chi connectivity index (χ4v) is 4.74. The number of urea groups is 1. The number of aryl methyl sites for hydroxylation is 1. The monoisotopic (exact) mass is 583 g/mol. The number of aromatic nitrogens is 1. The average molecular weight is 584 g/mol. The number of rotatable bonds is 13. The first-order chi connectivity index (χ1) is 20.5. The minimum atomic E-state index is -1.01. The van der Waals surface area contributed by atoms with Crippen LogP contribution in [0.15, 0.2) is 79.0 Å². The Balaban J connectivity index is 1.27. The molecular weight excluding hydrogens is 546 g/mol. The van der Waals surface area contributed by atoms with E-state index in [0.717, 1.165) is 33.3 Å². The van der Waals surface area contributed by atoms with Crippen LogP contribution in [0.25, 0.3) is 10.9 Å². The molecule has 0 spiro atoms. The Morgan fingerprint density at radius 3 is 2.33 bits per heavy atom. The quantitative estimate of drug-likeness (QED) is 0.133. The van der Waals surface area contributed by atoms with Gasteiger partial charge in [-0.2, -0.15) is 0 Å². The molecule has 1 heterocycles. The summed E-state index contributed by atoms with van der Waals surface area (Å²) in [5.41, 5.74) is 3.85. The molecule has 1 aromatic heterocycles. The van der Waals surface area contributed by atoms with E-state index in [-0.39, 0.29) is 31.2 Å². The minimum absolute atomic E-state index is 0.125. The van der Waals surface area contributed by atoms with Crippen molar-refractivity contribution in [1.29, 1.82) is 0 Å². The van der Waals surface area contributed by atoms with Crippen LogP contribution in [0, 0.1) is 6.92 Å². The SMILES string of the molecule is Cc1ccccc1NC(=O)Nc1ccc(CC(=O)C(C)(C)NCC(=O)NC(CC(=O)O)Cc2c[nH]c3ccccc23)cc1. The van der Waals surface area contributed by atoms with Crippen molar-refractivity contribution < 1.29 is 24.3 Å². The molecule has 3 aromatic carbocycles. The molecule has 4 aromatic rings. The van der Waals surface area contributed by atoms with Crippen LogP contribution in [0.2, 0.25) is 0 Å². The van der Waals surface area contributed by atoms with Crippen molar-refractivity contribution in [3.05, 3.63) is 95.7 Å². The van der Waals surface area contributed by atoms with E-state index in [1.54, 1.807) is 38.1 Å². The van der Waals surface area contributed by atoms with Gasteiger partial charge < -0.3 is 26.0 Å². The van der Waals surface area contributed by atoms with Gasteiger partial charge in [-0.1, -0.05) is 48.5 Å². The number of Topliss-reactive ketones (excluding diaryl/α,β-unsaturated/α-hetero) is 1. The Hall–Kier alpha value is -4.96. The molecule has 0 radical (unpaired) electrons. The van der Waals surface area contributed by atoms with E-state index < -0.39 is 23.5 Å². The summed E-state index contributed by atoms with van der Waals surface area (Å²) in [7, 11) is 0. The molecule has 0 saturated carbocycles. The first kappa shape index (κ1) is 31.0. The van der Waals surface area contributed by atoms with Crippen molar-refractivity contribution in [2.45, 2.75) is 51.6 Å². The third-order valence-electron chi connectivity index (χ3n) is 7.29. The number of H-pyrrole nitrogens is 1. The Morgan fingerprint density at radius 1 is 0.907 bits per heavy atom. The van der Waals surface area contributed by atoms with Crippen LogP contribution in [0.1, 0.15) is 37.0 Å². The highest BCUT2D eigenvalue weighted by atomic mass is 16.4. The van der Waals surface area contributed by atoms with Gasteiger partial charge in [0.1, 0.15) is 0 Å². The standard InChI is InChI=1S/C33H37N5O5/c1-21-8-4-6-10-27(21)38-32(43)37-24-14-12-22(13-15-24)16-29(39)33(2,3)35-20-30(40)36-25(18-31(41)42)17-23-19-34-28-11-7-5-9-26(23)28/h4-15,19,25,34-35H,16-18,20H2,1-3H3,(H,36,40)(H,41,42)(H2,37,38,43). The molecule has 0 fully saturated rings. The number of hydrogen-bond acceptors (Lipinski definition) is 5. The molecule has 0 aliphatic heterocycles. The third kappa shape index (κ3) is 8.76. The smallest absolute Gasteiger partial charge is 0.323 e. The molecule has 1 atom stereocenters. The molecule has 0 bridgehead atoms. The van der Waals surface area contributed by atoms with Gasteiger partial charge in [0.25, 0.3) is 0 Å². The number of carbonyl (C=O) groups is 4. The molecule has 224 valence electrons. The van der Waals surface area contributed by atoms with Gasteiger partial charge in [0.15, 0.2) is 5.78 Å². The minimum Gasteiger partial charge on any atom is -0.481 e. The lowest BCUT2D eigenvalue weighted by molar-refractivity contribution is -0.137. The van der Waals surface area contributed by atoms with Gasteiger partial charge in [-0.15, -0.1) is 0 Å². The number of benzene rings is 3. The molecule has 6 N–H and O–H groups in total. The summed E-state index contributed by atoms with van der Waals surface area (Å²) in [6.07, 6.45) is 2.07. The van der Waals surface area contributed by atoms with E-state index >= 15 is 0 Å². The van der Waals surface area contributed by atoms with Crippen molar-refractivity contribution in [2.75, 3.05) is 17.2 Å². The molecule has 10 heteroatoms. The van der Waals surface area contributed by atoms with E-state index in [9.17, 15) is 24.3 Å². The van der Waals surface area contributed by atoms with Crippen LogP contribution >= 0.6 is 0 Å². The number of aromatic amines is 1. The zero-order chi connectivity index (χ0) is 31.0. The molecule has 10 nitrogen and oxygen atoms in total. The number of para-hydroxylation sites is 2. The number of carbonyl (C=O) groups excluding carboxylic acids is 3. The predicted octanol–water partition coefficient (Wildman–Crippen LogP) is 4.80. The van der Waals surface area contributed by atoms with Crippen molar-refractivity contribution in [3.63, 3.8) is 0 Å². The maximum absolute atomic E-state index is 13.1. The lowest BCUT2D eigenvalue weighted by Gasteiger charge is -2.25. The van der Waals surface area contributed by atoms with E-state index in [1.165, 1.54) is 0 Å². The van der Waals surface area contributed by atoms with Gasteiger partial charge in [0, 0.05) is 40.9 Å². The fraction of sp³-hybridized carbons (Fsp3) is 0.273. The highest BCUT2D eigenvalue weighted by molar-refractivity contribution is 6.00. The number of aliphatic carboxylic acids is 1. The lowest BCUT2D eigenvalue weighted by atomic mass is 9.93. The molecule has 0 aliphatic carbocycles. The average Bonchev–Trinajstić information content (AvgIpc) is 3.36. The van der Waals surface area contributed by atoms with Crippen LogP contribution < -0.4 is 21.3 Å². The van der Waals surface area contributed by atoms with E-state index in [2.05, 4.69) is 26.3 Å². The van der Waals surface area contributed by atoms with Crippen LogP contribution in [0.5, 0.6) is 0 Å². The number of carboxylic acids is 1. The van der Waals surface area contributed by atoms with E-state index in [1.807, 2.05) is 61.7 Å². The topological polar surface area (TPSA) is 152 Å². The van der Waals surface area contributed by atoms with Crippen molar-refractivity contribution in [2.24, 2.45) is 0 Å². The first-order valence-corrected chi connectivity index (χ1v) is 14.1. The van der Waals surface area contributed by atoms with Gasteiger partial charge in [0.2, 0.25) is 5.91 Å². The first-order valence-electron chi connectivity index (χ1n) is 14.1. The zero-order valence-electron chi connectivity index (χ0n) is 24.5. The van der Waals surface area contributed by atoms with Crippen LogP contribution in [0.3, 0.4) is 0 Å². The maximum Gasteiger partial charge on any atom is 0.323 e. The maximum atomic E-state index is 13.1. The van der Waals surface area contributed by atoms with Gasteiger partial charge in [-0.3, -0.25) is 19.7 Å². The number of ketones is 1. The van der Waals surface area contributed by atoms with Crippen molar-refractivity contribution >= 4 is 46.0 Å². The van der Waals surface area contributed by atoms with Gasteiger partial charge >= 0.3 is 12.0 Å². The zero-order valence-corrected chi connectivity index (χ0v) is 24.5. The Labute approximate surface area is 250 Å². The van der Waals surface area contributed by atoms with Crippen LogP contribution in [0.4, 0.5) is 16.2 Å². The molecule has 0 aliphatic rings. The van der Waals surface area contributed by atoms with Crippen molar-refractivity contribution in [3.8, 4) is 0 Å². The molecule has 4 rings (SSSR count). The number of anilines is 2. The summed E-state index contributed by atoms with van der Waals surface area (Å²) in [6, 6.07) is 21.2. The van der Waals surface area contributed by atoms with E-state index in [0.29, 0.717) is 12.1 Å². The molecule has 1 unspecified atom stereocenters. The summed E-state index contributed by atoms with van der Waals surface area (Å²) in [5, 5.41) is 21.8. The lowest BCUT2D eigenvalue weighted by Crippen LogP contribution is -2.52. The second-order valence-electron chi connectivity index (χ2n) is 11.1. The highest BCUT2D eigenvalue weighted by Gasteiger charge is 2.28. The molecule has 3 amide bonds. The van der Waals surface area contributed by atoms with Gasteiger partial charge in [-0.05, 0) is 68.1 Å². The summed E-state index contributed by atoms with van der Waals surface area (Å²) in [6.45, 7) is 5.17. The number of hydrogen-bond donors (Lipinski definition) is 6. The number of amides is 3. The summed E-state index contributed by atoms with van der Waals surface area (Å²) in [5.74, 6) is -1.53. The number of carboxylic acid groups (broad SMARTS) is 1. The third-order valence-corrected chi connectivity index (χ3v) is 7.29. The number of fused-ring (bicyclic) bond motifs is 1. The van der Waals surface area contributed by atoms with Crippen LogP contribution in [-0.2, 0) is 27.2 Å². The Morgan fingerprint density at radius 2 is 1.60 bits per heavy atom. The van der Waals surface area contributed by atoms with Crippen LogP contribution in [-0.4, -0.2) is 51.9 Å². The molecule has 43 heavy (non-hydrogen) atoms. The van der Waals surface area contributed by atoms with Gasteiger partial charge in [-0.25, -0.2) is 4.79 Å². The Bertz CT molecular complexity index is 1610. The summed E-state index contributed by atoms with van der Waals surface area (Å²) in [4.78, 5) is 52.9. The number of nitrogens with one attached hydrogen (secondary N) is 5. The van der Waals surface area contributed by atoms with Gasteiger partial charge in [0.05, 0.1) is 18.5 Å². The molecular formula is C33H37N5O5. The summed E-state index contributed by atoms with van der Waals surface area (Å²) < 4.78 is 0. The predicted molar refractivity (Wildman–Crippen MR) is 167 cm³/mol. The second-order valence-corrected chi connectivity index (χ2v) is 11.1. The van der Waals surface area contributed by atoms with E-state index in [4.69, 9.17) is 0 Å². The Kier molecular flexibility index (Phi) is 9.95. The second kappa shape index (κ2) is 13.8. The normalized spacial score (nSPS) is 12.0. The summed E-state index contributed by atoms with van der Waals surface area (Å²) >= 11 is 0. The molecule has 0 saturated heterocycles. The highest BCUT2D eigenvalue weighted by Crippen LogP contribution is 2.20. The van der Waals surface area contributed by atoms with Crippen molar-refractivity contribution in [1.82, 2.24) is 15.6 Å². The fourth-order valence-electron chi connectivity index (χ4n) is 4.74.